The molecular formula is C16H19N3O2. The molecule has 0 bridgehead atoms. The number of aromatic nitrogens is 1. The number of benzene rings is 1. The first-order chi connectivity index (χ1) is 10.2. The van der Waals surface area contributed by atoms with Crippen LogP contribution in [-0.2, 0) is 0 Å². The third-order valence-electron chi connectivity index (χ3n) is 3.92. The molecule has 0 spiro atoms. The second-order valence-corrected chi connectivity index (χ2v) is 5.32. The fraction of sp³-hybridized carbons (Fsp3) is 0.375. The predicted molar refractivity (Wildman–Crippen MR) is 80.2 cm³/mol. The van der Waals surface area contributed by atoms with Gasteiger partial charge < -0.3 is 14.7 Å². The average Bonchev–Trinajstić information content (AvgIpc) is 3.14. The molecule has 1 unspecified atom stereocenters. The van der Waals surface area contributed by atoms with Crippen LogP contribution in [0.5, 0.6) is 0 Å². The van der Waals surface area contributed by atoms with Crippen molar-refractivity contribution in [1.29, 1.82) is 0 Å². The van der Waals surface area contributed by atoms with Crippen LogP contribution in [0.2, 0.25) is 0 Å². The molecule has 2 aromatic rings. The Labute approximate surface area is 123 Å². The van der Waals surface area contributed by atoms with Gasteiger partial charge in [-0.15, -0.1) is 0 Å². The zero-order chi connectivity index (χ0) is 14.8. The highest BCUT2D eigenvalue weighted by atomic mass is 16.5. The number of carbonyl (C=O) groups excluding carboxylic acids is 1. The summed E-state index contributed by atoms with van der Waals surface area (Å²) in [4.78, 5) is 14.7. The van der Waals surface area contributed by atoms with Crippen LogP contribution in [0.4, 0.5) is 5.69 Å². The molecule has 3 rings (SSSR count). The summed E-state index contributed by atoms with van der Waals surface area (Å²) in [6.45, 7) is 2.64. The summed E-state index contributed by atoms with van der Waals surface area (Å²) in [5.74, 6) is 0.816. The van der Waals surface area contributed by atoms with E-state index in [2.05, 4.69) is 10.5 Å². The zero-order valence-corrected chi connectivity index (χ0v) is 12.3. The Morgan fingerprint density at radius 1 is 1.43 bits per heavy atom. The van der Waals surface area contributed by atoms with E-state index in [1.54, 1.807) is 0 Å². The summed E-state index contributed by atoms with van der Waals surface area (Å²) in [5, 5.41) is 7.01. The van der Waals surface area contributed by atoms with E-state index in [-0.39, 0.29) is 11.9 Å². The van der Waals surface area contributed by atoms with Gasteiger partial charge in [0.2, 0.25) is 0 Å². The molecule has 1 amide bonds. The maximum Gasteiger partial charge on any atom is 0.256 e. The van der Waals surface area contributed by atoms with E-state index in [0.717, 1.165) is 36.5 Å². The summed E-state index contributed by atoms with van der Waals surface area (Å²) in [6, 6.07) is 9.48. The molecule has 1 saturated heterocycles. The Morgan fingerprint density at radius 2 is 2.24 bits per heavy atom. The minimum Gasteiger partial charge on any atom is -0.387 e. The van der Waals surface area contributed by atoms with E-state index < -0.39 is 0 Å². The molecule has 5 heteroatoms. The van der Waals surface area contributed by atoms with Gasteiger partial charge >= 0.3 is 0 Å². The highest BCUT2D eigenvalue weighted by molar-refractivity contribution is 5.99. The fourth-order valence-corrected chi connectivity index (χ4v) is 2.89. The van der Waals surface area contributed by atoms with Gasteiger partial charge in [0, 0.05) is 25.3 Å². The van der Waals surface area contributed by atoms with E-state index in [4.69, 9.17) is 4.52 Å². The number of carbonyl (C=O) groups is 1. The molecule has 5 nitrogen and oxygen atoms in total. The summed E-state index contributed by atoms with van der Waals surface area (Å²) in [6.07, 6.45) is 1.90. The van der Waals surface area contributed by atoms with Crippen LogP contribution in [0.3, 0.4) is 0 Å². The molecule has 1 aromatic heterocycles. The van der Waals surface area contributed by atoms with Crippen LogP contribution >= 0.6 is 0 Å². The van der Waals surface area contributed by atoms with Gasteiger partial charge in [-0.05, 0) is 31.9 Å². The second-order valence-electron chi connectivity index (χ2n) is 5.32. The van der Waals surface area contributed by atoms with Crippen molar-refractivity contribution in [2.24, 2.45) is 0 Å². The SMILES string of the molecule is CNc1ccccc1C(=O)N1CCCC1c1cc(C)no1. The Morgan fingerprint density at radius 3 is 2.95 bits per heavy atom. The van der Waals surface area contributed by atoms with Crippen LogP contribution in [-0.4, -0.2) is 29.6 Å². The average molecular weight is 285 g/mol. The molecule has 1 atom stereocenters. The van der Waals surface area contributed by atoms with E-state index >= 15 is 0 Å². The lowest BCUT2D eigenvalue weighted by atomic mass is 10.1. The Kier molecular flexibility index (Phi) is 3.64. The first kappa shape index (κ1) is 13.7. The van der Waals surface area contributed by atoms with Gasteiger partial charge in [0.1, 0.15) is 0 Å². The molecule has 2 heterocycles. The number of anilines is 1. The molecule has 1 aromatic carbocycles. The second kappa shape index (κ2) is 5.60. The lowest BCUT2D eigenvalue weighted by molar-refractivity contribution is 0.0715. The number of nitrogens with zero attached hydrogens (tertiary/aromatic N) is 2. The summed E-state index contributed by atoms with van der Waals surface area (Å²) < 4.78 is 5.36. The molecule has 1 aliphatic heterocycles. The molecule has 1 fully saturated rings. The van der Waals surface area contributed by atoms with E-state index in [1.165, 1.54) is 0 Å². The first-order valence-corrected chi connectivity index (χ1v) is 7.21. The van der Waals surface area contributed by atoms with Crippen molar-refractivity contribution < 1.29 is 9.32 Å². The minimum absolute atomic E-state index is 0.0105. The summed E-state index contributed by atoms with van der Waals surface area (Å²) in [7, 11) is 1.83. The van der Waals surface area contributed by atoms with Gasteiger partial charge in [-0.3, -0.25) is 4.79 Å². The molecule has 110 valence electrons. The lowest BCUT2D eigenvalue weighted by Gasteiger charge is -2.23. The van der Waals surface area contributed by atoms with Crippen LogP contribution in [0.25, 0.3) is 0 Å². The van der Waals surface area contributed by atoms with E-state index in [0.29, 0.717) is 5.56 Å². The Bertz CT molecular complexity index is 650. The molecule has 0 saturated carbocycles. The number of para-hydroxylation sites is 1. The number of hydrogen-bond donors (Lipinski definition) is 1. The van der Waals surface area contributed by atoms with Crippen LogP contribution in [0.1, 0.15) is 40.7 Å². The topological polar surface area (TPSA) is 58.4 Å². The summed E-state index contributed by atoms with van der Waals surface area (Å²) >= 11 is 0. The van der Waals surface area contributed by atoms with Crippen molar-refractivity contribution in [2.45, 2.75) is 25.8 Å². The van der Waals surface area contributed by atoms with Gasteiger partial charge in [0.15, 0.2) is 5.76 Å². The Hall–Kier alpha value is -2.30. The normalized spacial score (nSPS) is 18.0. The number of nitrogens with one attached hydrogen (secondary N) is 1. The molecule has 0 radical (unpaired) electrons. The number of aryl methyl sites for hydroxylation is 1. The molecule has 0 aliphatic carbocycles. The van der Waals surface area contributed by atoms with Gasteiger partial charge in [0.25, 0.3) is 5.91 Å². The quantitative estimate of drug-likeness (QED) is 0.941. The maximum absolute atomic E-state index is 12.8. The van der Waals surface area contributed by atoms with Gasteiger partial charge in [0.05, 0.1) is 17.3 Å². The van der Waals surface area contributed by atoms with E-state index in [1.807, 2.05) is 49.2 Å². The summed E-state index contributed by atoms with van der Waals surface area (Å²) in [5.41, 5.74) is 2.39. The lowest BCUT2D eigenvalue weighted by Crippen LogP contribution is -2.30. The van der Waals surface area contributed by atoms with Crippen molar-refractivity contribution in [3.63, 3.8) is 0 Å². The molecule has 21 heavy (non-hydrogen) atoms. The maximum atomic E-state index is 12.8. The van der Waals surface area contributed by atoms with Crippen molar-refractivity contribution in [2.75, 3.05) is 18.9 Å². The minimum atomic E-state index is -0.0105. The highest BCUT2D eigenvalue weighted by Crippen LogP contribution is 2.34. The highest BCUT2D eigenvalue weighted by Gasteiger charge is 2.33. The third kappa shape index (κ3) is 2.51. The number of rotatable bonds is 3. The largest absolute Gasteiger partial charge is 0.387 e. The first-order valence-electron chi connectivity index (χ1n) is 7.21. The van der Waals surface area contributed by atoms with E-state index in [9.17, 15) is 4.79 Å². The van der Waals surface area contributed by atoms with Gasteiger partial charge in [-0.2, -0.15) is 0 Å². The number of hydrogen-bond acceptors (Lipinski definition) is 4. The van der Waals surface area contributed by atoms with Crippen LogP contribution < -0.4 is 5.32 Å². The van der Waals surface area contributed by atoms with Crippen molar-refractivity contribution in [3.8, 4) is 0 Å². The van der Waals surface area contributed by atoms with Gasteiger partial charge in [-0.1, -0.05) is 17.3 Å². The predicted octanol–water partition coefficient (Wildman–Crippen LogP) is 3.00. The third-order valence-corrected chi connectivity index (χ3v) is 3.92. The Balaban J connectivity index is 1.89. The number of amides is 1. The van der Waals surface area contributed by atoms with Crippen molar-refractivity contribution in [3.05, 3.63) is 47.3 Å². The monoisotopic (exact) mass is 285 g/mol. The van der Waals surface area contributed by atoms with Crippen LogP contribution in [0.15, 0.2) is 34.9 Å². The zero-order valence-electron chi connectivity index (χ0n) is 12.3. The van der Waals surface area contributed by atoms with Crippen LogP contribution in [0, 0.1) is 6.92 Å². The molecular weight excluding hydrogens is 266 g/mol. The standard InChI is InChI=1S/C16H19N3O2/c1-11-10-15(21-18-11)14-8-5-9-19(14)16(20)12-6-3-4-7-13(12)17-2/h3-4,6-7,10,14,17H,5,8-9H2,1-2H3. The molecule has 1 aliphatic rings. The fourth-order valence-electron chi connectivity index (χ4n) is 2.89. The molecule has 1 N–H and O–H groups in total. The van der Waals surface area contributed by atoms with Crippen molar-refractivity contribution in [1.82, 2.24) is 10.1 Å². The van der Waals surface area contributed by atoms with Gasteiger partial charge in [-0.25, -0.2) is 0 Å². The smallest absolute Gasteiger partial charge is 0.256 e. The number of likely N-dealkylation sites (tertiary alicyclic amines) is 1. The van der Waals surface area contributed by atoms with Crippen molar-refractivity contribution >= 4 is 11.6 Å².